The Hall–Kier alpha value is -0.960. The summed E-state index contributed by atoms with van der Waals surface area (Å²) in [4.78, 5) is 13.0. The maximum absolute atomic E-state index is 11.9. The van der Waals surface area contributed by atoms with Crippen LogP contribution in [0.4, 0.5) is 5.69 Å². The summed E-state index contributed by atoms with van der Waals surface area (Å²) < 4.78 is 0. The highest BCUT2D eigenvalue weighted by Gasteiger charge is 2.14. The first-order valence-electron chi connectivity index (χ1n) is 5.66. The molecular formula is C13H19NOS. The lowest BCUT2D eigenvalue weighted by Gasteiger charge is -2.14. The van der Waals surface area contributed by atoms with Crippen molar-refractivity contribution in [1.29, 1.82) is 0 Å². The normalized spacial score (nSPS) is 10.5. The van der Waals surface area contributed by atoms with E-state index in [1.165, 1.54) is 0 Å². The van der Waals surface area contributed by atoms with Crippen molar-refractivity contribution in [1.82, 2.24) is 0 Å². The number of hydrogen-bond acceptors (Lipinski definition) is 2. The van der Waals surface area contributed by atoms with E-state index >= 15 is 0 Å². The predicted molar refractivity (Wildman–Crippen MR) is 70.9 cm³/mol. The second-order valence-corrected chi connectivity index (χ2v) is 4.55. The second kappa shape index (κ2) is 6.59. The summed E-state index contributed by atoms with van der Waals surface area (Å²) in [5.74, 6) is 0.251. The fraction of sp³-hybridized carbons (Fsp3) is 0.462. The first-order valence-corrected chi connectivity index (χ1v) is 6.89. The van der Waals surface area contributed by atoms with Crippen molar-refractivity contribution < 1.29 is 4.79 Å². The number of hydrogen-bond donors (Lipinski definition) is 1. The lowest BCUT2D eigenvalue weighted by atomic mass is 10.0. The van der Waals surface area contributed by atoms with Gasteiger partial charge in [-0.2, -0.15) is 0 Å². The van der Waals surface area contributed by atoms with Crippen molar-refractivity contribution in [2.75, 3.05) is 11.6 Å². The molecule has 1 N–H and O–H groups in total. The maximum Gasteiger partial charge on any atom is 0.227 e. The molecule has 0 saturated carbocycles. The minimum Gasteiger partial charge on any atom is -0.325 e. The van der Waals surface area contributed by atoms with Crippen molar-refractivity contribution in [3.8, 4) is 0 Å². The van der Waals surface area contributed by atoms with Crippen LogP contribution in [0.2, 0.25) is 0 Å². The Bertz CT molecular complexity index is 348. The lowest BCUT2D eigenvalue weighted by Crippen LogP contribution is -2.21. The number of anilines is 1. The van der Waals surface area contributed by atoms with E-state index in [1.807, 2.05) is 44.4 Å². The van der Waals surface area contributed by atoms with Gasteiger partial charge in [0, 0.05) is 10.8 Å². The Balaban J connectivity index is 2.76. The molecule has 0 unspecified atom stereocenters. The van der Waals surface area contributed by atoms with Gasteiger partial charge in [-0.15, -0.1) is 11.8 Å². The van der Waals surface area contributed by atoms with Crippen molar-refractivity contribution in [2.45, 2.75) is 31.6 Å². The number of carbonyl (C=O) groups is 1. The molecule has 88 valence electrons. The molecule has 0 saturated heterocycles. The fourth-order valence-corrected chi connectivity index (χ4v) is 2.20. The van der Waals surface area contributed by atoms with Crippen LogP contribution in [0.3, 0.4) is 0 Å². The first kappa shape index (κ1) is 13.1. The minimum absolute atomic E-state index is 0.120. The Kier molecular flexibility index (Phi) is 5.39. The summed E-state index contributed by atoms with van der Waals surface area (Å²) in [5.41, 5.74) is 0.923. The number of carbonyl (C=O) groups excluding carboxylic acids is 1. The van der Waals surface area contributed by atoms with Gasteiger partial charge in [0.05, 0.1) is 5.69 Å². The van der Waals surface area contributed by atoms with Gasteiger partial charge in [0.2, 0.25) is 5.91 Å². The van der Waals surface area contributed by atoms with Crippen LogP contribution in [-0.2, 0) is 4.79 Å². The summed E-state index contributed by atoms with van der Waals surface area (Å²) in [6.45, 7) is 4.10. The van der Waals surface area contributed by atoms with Gasteiger partial charge in [0.25, 0.3) is 0 Å². The molecule has 0 heterocycles. The van der Waals surface area contributed by atoms with Crippen LogP contribution >= 0.6 is 11.8 Å². The molecule has 0 aliphatic heterocycles. The van der Waals surface area contributed by atoms with Crippen LogP contribution in [0.5, 0.6) is 0 Å². The Morgan fingerprint density at radius 1 is 1.31 bits per heavy atom. The van der Waals surface area contributed by atoms with Gasteiger partial charge in [-0.1, -0.05) is 26.0 Å². The molecule has 3 heteroatoms. The number of thioether (sulfide) groups is 1. The minimum atomic E-state index is 0.120. The smallest absolute Gasteiger partial charge is 0.227 e. The molecule has 0 radical (unpaired) electrons. The number of nitrogens with one attached hydrogen (secondary N) is 1. The van der Waals surface area contributed by atoms with Crippen molar-refractivity contribution in [3.63, 3.8) is 0 Å². The van der Waals surface area contributed by atoms with Crippen LogP contribution in [0, 0.1) is 5.92 Å². The second-order valence-electron chi connectivity index (χ2n) is 3.70. The van der Waals surface area contributed by atoms with E-state index in [2.05, 4.69) is 5.32 Å². The van der Waals surface area contributed by atoms with Gasteiger partial charge >= 0.3 is 0 Å². The fourth-order valence-electron chi connectivity index (χ4n) is 1.64. The highest BCUT2D eigenvalue weighted by atomic mass is 32.2. The standard InChI is InChI=1S/C13H19NOS/c1-4-10(5-2)13(15)14-11-8-6-7-9-12(11)16-3/h6-10H,4-5H2,1-3H3,(H,14,15). The van der Waals surface area contributed by atoms with E-state index in [0.29, 0.717) is 0 Å². The van der Waals surface area contributed by atoms with Gasteiger partial charge in [-0.3, -0.25) is 4.79 Å². The average Bonchev–Trinajstić information content (AvgIpc) is 2.31. The van der Waals surface area contributed by atoms with E-state index in [4.69, 9.17) is 0 Å². The Morgan fingerprint density at radius 2 is 1.94 bits per heavy atom. The zero-order valence-electron chi connectivity index (χ0n) is 10.1. The molecule has 1 aromatic rings. The van der Waals surface area contributed by atoms with E-state index in [9.17, 15) is 4.79 Å². The lowest BCUT2D eigenvalue weighted by molar-refractivity contribution is -0.120. The van der Waals surface area contributed by atoms with E-state index in [-0.39, 0.29) is 11.8 Å². The average molecular weight is 237 g/mol. The summed E-state index contributed by atoms with van der Waals surface area (Å²) in [6.07, 6.45) is 3.80. The van der Waals surface area contributed by atoms with Crippen LogP contribution in [0.1, 0.15) is 26.7 Å². The van der Waals surface area contributed by atoms with Crippen LogP contribution in [0.25, 0.3) is 0 Å². The molecule has 0 aromatic heterocycles. The monoisotopic (exact) mass is 237 g/mol. The van der Waals surface area contributed by atoms with Crippen molar-refractivity contribution >= 4 is 23.4 Å². The zero-order chi connectivity index (χ0) is 12.0. The summed E-state index contributed by atoms with van der Waals surface area (Å²) in [7, 11) is 0. The number of amides is 1. The topological polar surface area (TPSA) is 29.1 Å². The van der Waals surface area contributed by atoms with E-state index in [1.54, 1.807) is 11.8 Å². The highest BCUT2D eigenvalue weighted by molar-refractivity contribution is 7.98. The summed E-state index contributed by atoms with van der Waals surface area (Å²) >= 11 is 1.65. The largest absolute Gasteiger partial charge is 0.325 e. The van der Waals surface area contributed by atoms with Gasteiger partial charge < -0.3 is 5.32 Å². The third kappa shape index (κ3) is 3.27. The number of para-hydroxylation sites is 1. The molecule has 1 amide bonds. The number of rotatable bonds is 5. The van der Waals surface area contributed by atoms with E-state index in [0.717, 1.165) is 23.4 Å². The third-order valence-electron chi connectivity index (χ3n) is 2.72. The summed E-state index contributed by atoms with van der Waals surface area (Å²) in [5, 5.41) is 3.00. The third-order valence-corrected chi connectivity index (χ3v) is 3.52. The zero-order valence-corrected chi connectivity index (χ0v) is 10.9. The van der Waals surface area contributed by atoms with Crippen molar-refractivity contribution in [3.05, 3.63) is 24.3 Å². The molecule has 0 aliphatic carbocycles. The molecule has 0 fully saturated rings. The van der Waals surface area contributed by atoms with Crippen LogP contribution < -0.4 is 5.32 Å². The molecule has 1 aromatic carbocycles. The molecular weight excluding hydrogens is 218 g/mol. The first-order chi connectivity index (χ1) is 7.72. The molecule has 0 aliphatic rings. The SMILES string of the molecule is CCC(CC)C(=O)Nc1ccccc1SC. The highest BCUT2D eigenvalue weighted by Crippen LogP contribution is 2.25. The Labute approximate surface area is 102 Å². The summed E-state index contributed by atoms with van der Waals surface area (Å²) in [6, 6.07) is 7.90. The molecule has 1 rings (SSSR count). The molecule has 0 spiro atoms. The van der Waals surface area contributed by atoms with Gasteiger partial charge in [-0.05, 0) is 31.2 Å². The van der Waals surface area contributed by atoms with Crippen LogP contribution in [0.15, 0.2) is 29.2 Å². The van der Waals surface area contributed by atoms with Crippen molar-refractivity contribution in [2.24, 2.45) is 5.92 Å². The quantitative estimate of drug-likeness (QED) is 0.790. The Morgan fingerprint density at radius 3 is 2.50 bits per heavy atom. The van der Waals surface area contributed by atoms with Crippen LogP contribution in [-0.4, -0.2) is 12.2 Å². The number of benzene rings is 1. The van der Waals surface area contributed by atoms with Gasteiger partial charge in [0.15, 0.2) is 0 Å². The van der Waals surface area contributed by atoms with Gasteiger partial charge in [0.1, 0.15) is 0 Å². The maximum atomic E-state index is 11.9. The molecule has 2 nitrogen and oxygen atoms in total. The van der Waals surface area contributed by atoms with Gasteiger partial charge in [-0.25, -0.2) is 0 Å². The molecule has 0 bridgehead atoms. The van der Waals surface area contributed by atoms with E-state index < -0.39 is 0 Å². The molecule has 16 heavy (non-hydrogen) atoms. The molecule has 0 atom stereocenters. The predicted octanol–water partition coefficient (Wildman–Crippen LogP) is 3.78.